The molecule has 0 heterocycles. The molecule has 0 amide bonds. The lowest BCUT2D eigenvalue weighted by Crippen LogP contribution is -2.74. The summed E-state index contributed by atoms with van der Waals surface area (Å²) in [5.41, 5.74) is 0. The Bertz CT molecular complexity index is 899. The second-order valence-electron chi connectivity index (χ2n) is 10.3. The van der Waals surface area contributed by atoms with Crippen molar-refractivity contribution < 1.29 is 108 Å². The van der Waals surface area contributed by atoms with Crippen molar-refractivity contribution in [2.45, 2.75) is 86.8 Å². The molecule has 0 radical (unpaired) electrons. The Labute approximate surface area is 282 Å². The van der Waals surface area contributed by atoms with E-state index in [1.165, 1.54) is 7.11 Å². The molecule has 0 aliphatic heterocycles. The number of halogens is 17. The lowest BCUT2D eigenvalue weighted by Gasteiger charge is -2.42. The first-order valence-electron chi connectivity index (χ1n) is 14.8. The summed E-state index contributed by atoms with van der Waals surface area (Å²) in [7, 11) is 2.92. The van der Waals surface area contributed by atoms with Gasteiger partial charge in [-0.3, -0.25) is 0 Å². The summed E-state index contributed by atoms with van der Waals surface area (Å²) in [5, 5.41) is 0. The van der Waals surface area contributed by atoms with Crippen molar-refractivity contribution in [1.82, 2.24) is 0 Å². The minimum Gasteiger partial charge on any atom is -0.382 e. The molecule has 0 aliphatic rings. The van der Waals surface area contributed by atoms with Gasteiger partial charge in [-0.05, 0) is 19.3 Å². The third-order valence-electron chi connectivity index (χ3n) is 6.02. The minimum atomic E-state index is -8.64. The van der Waals surface area contributed by atoms with E-state index in [0.29, 0.717) is 26.4 Å². The zero-order valence-corrected chi connectivity index (χ0v) is 27.8. The van der Waals surface area contributed by atoms with Crippen LogP contribution < -0.4 is 0 Å². The molecule has 51 heavy (non-hydrogen) atoms. The average molecular weight is 801 g/mol. The fraction of sp³-hybridized carbons (Fsp3) is 1.00. The van der Waals surface area contributed by atoms with Crippen molar-refractivity contribution in [3.05, 3.63) is 0 Å². The predicted molar refractivity (Wildman–Crippen MR) is 143 cm³/mol. The predicted octanol–water partition coefficient (Wildman–Crippen LogP) is 7.94. The number of rotatable bonds is 27. The van der Waals surface area contributed by atoms with E-state index in [1.807, 2.05) is 0 Å². The van der Waals surface area contributed by atoms with Crippen LogP contribution in [-0.2, 0) is 33.2 Å². The molecular weight excluding hydrogens is 759 g/mol. The standard InChI is InChI=1S/C15H15F17O3.C12H26O4/c1-33-5-6-34-3-2-4-35-7-8(16,17)9(18,19)10(20,21)11(22,23)12(24,25)13(26,27)14(28,29)15(30,31)32;1-4-6-14-10-12(11-15-7-5-2)16-9-8-13-3/h2-7H2,1H3;12H,4-11H2,1-3H3. The van der Waals surface area contributed by atoms with E-state index in [-0.39, 0.29) is 25.9 Å². The van der Waals surface area contributed by atoms with Gasteiger partial charge in [0.15, 0.2) is 0 Å². The zero-order valence-electron chi connectivity index (χ0n) is 27.8. The Kier molecular flexibility index (Phi) is 22.3. The summed E-state index contributed by atoms with van der Waals surface area (Å²) in [4.78, 5) is 0. The fourth-order valence-electron chi connectivity index (χ4n) is 3.16. The van der Waals surface area contributed by atoms with E-state index in [2.05, 4.69) is 23.3 Å². The van der Waals surface area contributed by atoms with Crippen LogP contribution >= 0.6 is 0 Å². The van der Waals surface area contributed by atoms with Crippen LogP contribution in [0.2, 0.25) is 0 Å². The lowest BCUT2D eigenvalue weighted by atomic mass is 9.89. The number of hydrogen-bond donors (Lipinski definition) is 0. The molecule has 7 nitrogen and oxygen atoms in total. The number of hydrogen-bond acceptors (Lipinski definition) is 7. The normalized spacial score (nSPS) is 14.2. The maximum Gasteiger partial charge on any atom is 0.460 e. The van der Waals surface area contributed by atoms with E-state index in [1.54, 1.807) is 7.11 Å². The minimum absolute atomic E-state index is 0.0215. The van der Waals surface area contributed by atoms with Gasteiger partial charge in [-0.25, -0.2) is 0 Å². The highest BCUT2D eigenvalue weighted by atomic mass is 19.4. The van der Waals surface area contributed by atoms with Crippen LogP contribution in [0, 0.1) is 0 Å². The quantitative estimate of drug-likeness (QED) is 0.0618. The molecule has 0 saturated carbocycles. The lowest BCUT2D eigenvalue weighted by molar-refractivity contribution is -0.462. The number of alkyl halides is 17. The van der Waals surface area contributed by atoms with Crippen LogP contribution in [-0.4, -0.2) is 141 Å². The second-order valence-corrected chi connectivity index (χ2v) is 10.3. The van der Waals surface area contributed by atoms with Crippen LogP contribution in [0.3, 0.4) is 0 Å². The van der Waals surface area contributed by atoms with Gasteiger partial charge in [0.2, 0.25) is 0 Å². The van der Waals surface area contributed by atoms with Gasteiger partial charge in [-0.2, -0.15) is 74.6 Å². The average Bonchev–Trinajstić information content (AvgIpc) is 3.01. The second kappa shape index (κ2) is 22.0. The summed E-state index contributed by atoms with van der Waals surface area (Å²) < 4.78 is 257. The van der Waals surface area contributed by atoms with Gasteiger partial charge in [-0.1, -0.05) is 13.8 Å². The van der Waals surface area contributed by atoms with Gasteiger partial charge in [-0.15, -0.1) is 0 Å². The van der Waals surface area contributed by atoms with Crippen molar-refractivity contribution in [3.8, 4) is 0 Å². The Morgan fingerprint density at radius 3 is 1.22 bits per heavy atom. The van der Waals surface area contributed by atoms with Gasteiger partial charge in [0.1, 0.15) is 12.7 Å². The molecule has 0 aromatic rings. The summed E-state index contributed by atoms with van der Waals surface area (Å²) >= 11 is 0. The molecule has 0 aromatic carbocycles. The van der Waals surface area contributed by atoms with Crippen LogP contribution in [0.15, 0.2) is 0 Å². The van der Waals surface area contributed by atoms with Gasteiger partial charge in [0.05, 0.1) is 39.6 Å². The maximum atomic E-state index is 13.6. The Hall–Kier alpha value is -1.47. The fourth-order valence-corrected chi connectivity index (χ4v) is 3.16. The molecule has 0 aliphatic carbocycles. The first-order valence-corrected chi connectivity index (χ1v) is 14.8. The summed E-state index contributed by atoms with van der Waals surface area (Å²) in [6, 6.07) is 0. The first-order chi connectivity index (χ1) is 23.2. The molecule has 0 rings (SSSR count). The molecule has 0 spiro atoms. The zero-order chi connectivity index (χ0) is 40.4. The topological polar surface area (TPSA) is 64.6 Å². The Balaban J connectivity index is 0. The maximum absolute atomic E-state index is 13.6. The van der Waals surface area contributed by atoms with Crippen LogP contribution in [0.25, 0.3) is 0 Å². The summed E-state index contributed by atoms with van der Waals surface area (Å²) in [5.74, 6) is -56.5. The van der Waals surface area contributed by atoms with Crippen LogP contribution in [0.1, 0.15) is 33.1 Å². The van der Waals surface area contributed by atoms with E-state index >= 15 is 0 Å². The van der Waals surface area contributed by atoms with Crippen molar-refractivity contribution in [2.75, 3.05) is 86.9 Å². The van der Waals surface area contributed by atoms with Crippen LogP contribution in [0.5, 0.6) is 0 Å². The van der Waals surface area contributed by atoms with Gasteiger partial charge in [0.25, 0.3) is 0 Å². The highest BCUT2D eigenvalue weighted by molar-refractivity contribution is 5.15. The van der Waals surface area contributed by atoms with E-state index in [9.17, 15) is 74.6 Å². The van der Waals surface area contributed by atoms with Crippen molar-refractivity contribution >= 4 is 0 Å². The van der Waals surface area contributed by atoms with Crippen molar-refractivity contribution in [1.29, 1.82) is 0 Å². The van der Waals surface area contributed by atoms with Crippen molar-refractivity contribution in [3.63, 3.8) is 0 Å². The van der Waals surface area contributed by atoms with Crippen molar-refractivity contribution in [2.24, 2.45) is 0 Å². The number of ether oxygens (including phenoxy) is 7. The largest absolute Gasteiger partial charge is 0.460 e. The molecule has 310 valence electrons. The van der Waals surface area contributed by atoms with E-state index in [0.717, 1.165) is 26.1 Å². The molecule has 0 N–H and O–H groups in total. The van der Waals surface area contributed by atoms with Crippen LogP contribution in [0.4, 0.5) is 74.6 Å². The highest BCUT2D eigenvalue weighted by Crippen LogP contribution is 2.63. The molecular formula is C27H41F17O7. The molecule has 0 aromatic heterocycles. The summed E-state index contributed by atoms with van der Waals surface area (Å²) in [6.45, 7) is 3.88. The molecule has 0 unspecified atom stereocenters. The molecule has 0 atom stereocenters. The highest BCUT2D eigenvalue weighted by Gasteiger charge is 2.95. The number of methoxy groups -OCH3 is 2. The summed E-state index contributed by atoms with van der Waals surface area (Å²) in [6.07, 6.45) is -6.11. The molecule has 24 heteroatoms. The van der Waals surface area contributed by atoms with Gasteiger partial charge >= 0.3 is 47.6 Å². The van der Waals surface area contributed by atoms with E-state index in [4.69, 9.17) is 23.7 Å². The SMILES string of the molecule is CCCOCC(COCCC)OCCOC.COCCOCCCOCC(F)(F)C(F)(F)C(F)(F)C(F)(F)C(F)(F)C(F)(F)C(F)(F)C(F)(F)F. The Morgan fingerprint density at radius 1 is 0.412 bits per heavy atom. The third-order valence-corrected chi connectivity index (χ3v) is 6.02. The van der Waals surface area contributed by atoms with Gasteiger partial charge < -0.3 is 33.2 Å². The molecule has 0 bridgehead atoms. The third kappa shape index (κ3) is 13.7. The van der Waals surface area contributed by atoms with Gasteiger partial charge in [0, 0.05) is 40.6 Å². The smallest absolute Gasteiger partial charge is 0.382 e. The molecule has 0 fully saturated rings. The first kappa shape index (κ1) is 51.6. The van der Waals surface area contributed by atoms with E-state index < -0.39 is 67.3 Å². The monoisotopic (exact) mass is 800 g/mol. The molecule has 0 saturated heterocycles. The Morgan fingerprint density at radius 2 is 0.804 bits per heavy atom.